The molecule has 2 aromatic rings. The third-order valence-corrected chi connectivity index (χ3v) is 4.58. The van der Waals surface area contributed by atoms with E-state index in [9.17, 15) is 13.2 Å². The first-order valence-corrected chi connectivity index (χ1v) is 7.66. The number of piperazine rings is 1. The van der Waals surface area contributed by atoms with Crippen LogP contribution in [0.1, 0.15) is 16.3 Å². The third kappa shape index (κ3) is 3.41. The molecule has 0 amide bonds. The molecule has 120 valence electrons. The molecular formula is C13H15F3N4OS. The van der Waals surface area contributed by atoms with Crippen molar-refractivity contribution in [3.63, 3.8) is 0 Å². The number of nitrogens with zero attached hydrogens (tertiary/aromatic N) is 4. The van der Waals surface area contributed by atoms with Crippen molar-refractivity contribution in [3.05, 3.63) is 28.6 Å². The lowest BCUT2D eigenvalue weighted by Gasteiger charge is -2.34. The van der Waals surface area contributed by atoms with Gasteiger partial charge in [-0.3, -0.25) is 4.90 Å². The summed E-state index contributed by atoms with van der Waals surface area (Å²) in [4.78, 5) is 7.34. The van der Waals surface area contributed by atoms with E-state index in [1.54, 1.807) is 0 Å². The zero-order valence-corrected chi connectivity index (χ0v) is 12.7. The van der Waals surface area contributed by atoms with E-state index in [1.165, 1.54) is 0 Å². The van der Waals surface area contributed by atoms with Gasteiger partial charge in [-0.25, -0.2) is 4.98 Å². The molecule has 0 N–H and O–H groups in total. The van der Waals surface area contributed by atoms with Crippen LogP contribution in [-0.2, 0) is 12.7 Å². The standard InChI is InChI=1S/C13H15F3N4OS/c1-9-6-10(18-21-9)8-19-2-4-20(5-3-19)12-17-7-11(22-12)13(14,15)16/h6-7H,2-5,8H2,1H3. The van der Waals surface area contributed by atoms with Crippen molar-refractivity contribution >= 4 is 16.5 Å². The second-order valence-electron chi connectivity index (χ2n) is 5.20. The Hall–Kier alpha value is -1.61. The Kier molecular flexibility index (Phi) is 4.09. The minimum atomic E-state index is -4.32. The van der Waals surface area contributed by atoms with Gasteiger partial charge < -0.3 is 9.42 Å². The molecule has 3 rings (SSSR count). The van der Waals surface area contributed by atoms with Gasteiger partial charge in [0, 0.05) is 38.8 Å². The fourth-order valence-electron chi connectivity index (χ4n) is 2.36. The highest BCUT2D eigenvalue weighted by Crippen LogP contribution is 2.36. The second-order valence-corrected chi connectivity index (χ2v) is 6.21. The molecule has 3 heterocycles. The Bertz CT molecular complexity index is 631. The van der Waals surface area contributed by atoms with Crippen molar-refractivity contribution in [2.45, 2.75) is 19.6 Å². The molecule has 1 aliphatic rings. The summed E-state index contributed by atoms with van der Waals surface area (Å²) in [5, 5.41) is 4.39. The van der Waals surface area contributed by atoms with Gasteiger partial charge in [-0.05, 0) is 6.92 Å². The third-order valence-electron chi connectivity index (χ3n) is 3.48. The van der Waals surface area contributed by atoms with Crippen LogP contribution in [0.15, 0.2) is 16.8 Å². The second kappa shape index (κ2) is 5.88. The summed E-state index contributed by atoms with van der Waals surface area (Å²) >= 11 is 0.699. The molecule has 0 unspecified atom stereocenters. The molecule has 0 atom stereocenters. The summed E-state index contributed by atoms with van der Waals surface area (Å²) < 4.78 is 42.8. The number of aromatic nitrogens is 2. The van der Waals surface area contributed by atoms with Gasteiger partial charge in [-0.1, -0.05) is 16.5 Å². The number of hydrogen-bond acceptors (Lipinski definition) is 6. The minimum Gasteiger partial charge on any atom is -0.361 e. The van der Waals surface area contributed by atoms with Gasteiger partial charge >= 0.3 is 6.18 Å². The Labute approximate surface area is 129 Å². The molecule has 0 spiro atoms. The zero-order chi connectivity index (χ0) is 15.7. The first-order valence-electron chi connectivity index (χ1n) is 6.84. The van der Waals surface area contributed by atoms with Crippen LogP contribution in [0.3, 0.4) is 0 Å². The molecule has 22 heavy (non-hydrogen) atoms. The van der Waals surface area contributed by atoms with Crippen LogP contribution in [0.5, 0.6) is 0 Å². The summed E-state index contributed by atoms with van der Waals surface area (Å²) in [5.74, 6) is 0.774. The Morgan fingerprint density at radius 2 is 2.00 bits per heavy atom. The van der Waals surface area contributed by atoms with Gasteiger partial charge in [0.25, 0.3) is 0 Å². The van der Waals surface area contributed by atoms with Crippen LogP contribution in [0.2, 0.25) is 0 Å². The molecule has 2 aromatic heterocycles. The predicted octanol–water partition coefficient (Wildman–Crippen LogP) is 2.78. The Morgan fingerprint density at radius 3 is 2.55 bits per heavy atom. The summed E-state index contributed by atoms with van der Waals surface area (Å²) in [6.07, 6.45) is -3.41. The largest absolute Gasteiger partial charge is 0.427 e. The molecule has 0 bridgehead atoms. The highest BCUT2D eigenvalue weighted by molar-refractivity contribution is 7.15. The van der Waals surface area contributed by atoms with E-state index < -0.39 is 11.1 Å². The van der Waals surface area contributed by atoms with E-state index in [4.69, 9.17) is 4.52 Å². The fourth-order valence-corrected chi connectivity index (χ4v) is 3.20. The summed E-state index contributed by atoms with van der Waals surface area (Å²) in [5.41, 5.74) is 0.875. The fraction of sp³-hybridized carbons (Fsp3) is 0.538. The van der Waals surface area contributed by atoms with Gasteiger partial charge in [0.1, 0.15) is 10.6 Å². The van der Waals surface area contributed by atoms with Crippen molar-refractivity contribution in [3.8, 4) is 0 Å². The van der Waals surface area contributed by atoms with E-state index in [2.05, 4.69) is 15.0 Å². The minimum absolute atomic E-state index is 0.434. The maximum Gasteiger partial charge on any atom is 0.427 e. The molecule has 0 saturated carbocycles. The van der Waals surface area contributed by atoms with Crippen molar-refractivity contribution in [2.75, 3.05) is 31.1 Å². The van der Waals surface area contributed by atoms with Crippen molar-refractivity contribution in [1.82, 2.24) is 15.0 Å². The molecule has 1 fully saturated rings. The Morgan fingerprint density at radius 1 is 1.27 bits per heavy atom. The average molecular weight is 332 g/mol. The first kappa shape index (κ1) is 15.3. The van der Waals surface area contributed by atoms with E-state index in [1.807, 2.05) is 17.9 Å². The van der Waals surface area contributed by atoms with E-state index in [0.29, 0.717) is 36.1 Å². The lowest BCUT2D eigenvalue weighted by Crippen LogP contribution is -2.46. The molecule has 1 aliphatic heterocycles. The molecule has 0 radical (unpaired) electrons. The summed E-state index contributed by atoms with van der Waals surface area (Å²) in [6, 6.07) is 1.89. The van der Waals surface area contributed by atoms with Crippen LogP contribution in [0.4, 0.5) is 18.3 Å². The van der Waals surface area contributed by atoms with E-state index in [0.717, 1.165) is 30.7 Å². The average Bonchev–Trinajstić information content (AvgIpc) is 3.08. The Balaban J connectivity index is 1.56. The van der Waals surface area contributed by atoms with Crippen LogP contribution in [0.25, 0.3) is 0 Å². The van der Waals surface area contributed by atoms with Gasteiger partial charge in [0.2, 0.25) is 0 Å². The van der Waals surface area contributed by atoms with E-state index >= 15 is 0 Å². The quantitative estimate of drug-likeness (QED) is 0.865. The number of alkyl halides is 3. The van der Waals surface area contributed by atoms with Crippen LogP contribution in [0, 0.1) is 6.92 Å². The number of anilines is 1. The zero-order valence-electron chi connectivity index (χ0n) is 11.9. The monoisotopic (exact) mass is 332 g/mol. The van der Waals surface area contributed by atoms with Gasteiger partial charge in [0.15, 0.2) is 5.13 Å². The predicted molar refractivity (Wildman–Crippen MR) is 75.8 cm³/mol. The first-order chi connectivity index (χ1) is 10.4. The molecule has 0 aliphatic carbocycles. The number of thiazole rings is 1. The van der Waals surface area contributed by atoms with E-state index in [-0.39, 0.29) is 0 Å². The van der Waals surface area contributed by atoms with Crippen molar-refractivity contribution in [2.24, 2.45) is 0 Å². The highest BCUT2D eigenvalue weighted by atomic mass is 32.1. The molecule has 1 saturated heterocycles. The van der Waals surface area contributed by atoms with Gasteiger partial charge in [0.05, 0.1) is 11.9 Å². The summed E-state index contributed by atoms with van der Waals surface area (Å²) in [7, 11) is 0. The molecule has 9 heteroatoms. The number of aryl methyl sites for hydroxylation is 1. The van der Waals surface area contributed by atoms with Crippen LogP contribution >= 0.6 is 11.3 Å². The lowest BCUT2D eigenvalue weighted by molar-refractivity contribution is -0.134. The molecule has 0 aromatic carbocycles. The van der Waals surface area contributed by atoms with Gasteiger partial charge in [-0.2, -0.15) is 13.2 Å². The number of halogens is 3. The molecule has 5 nitrogen and oxygen atoms in total. The maximum atomic E-state index is 12.6. The smallest absolute Gasteiger partial charge is 0.361 e. The van der Waals surface area contributed by atoms with Crippen molar-refractivity contribution in [1.29, 1.82) is 0 Å². The lowest BCUT2D eigenvalue weighted by atomic mass is 10.3. The van der Waals surface area contributed by atoms with Crippen LogP contribution in [-0.4, -0.2) is 41.2 Å². The SMILES string of the molecule is Cc1cc(CN2CCN(c3ncc(C(F)(F)F)s3)CC2)no1. The number of hydrogen-bond donors (Lipinski definition) is 0. The van der Waals surface area contributed by atoms with Crippen LogP contribution < -0.4 is 4.90 Å². The maximum absolute atomic E-state index is 12.6. The van der Waals surface area contributed by atoms with Gasteiger partial charge in [-0.15, -0.1) is 0 Å². The topological polar surface area (TPSA) is 45.4 Å². The highest BCUT2D eigenvalue weighted by Gasteiger charge is 2.34. The summed E-state index contributed by atoms with van der Waals surface area (Å²) in [6.45, 7) is 5.36. The van der Waals surface area contributed by atoms with Crippen molar-refractivity contribution < 1.29 is 17.7 Å². The number of rotatable bonds is 3. The molecular weight excluding hydrogens is 317 g/mol. The normalized spacial score (nSPS) is 17.2.